The van der Waals surface area contributed by atoms with E-state index in [1.807, 2.05) is 31.2 Å². The topological polar surface area (TPSA) is 35.0 Å². The Morgan fingerprint density at radius 1 is 1.12 bits per heavy atom. The molecule has 2 aromatic rings. The van der Waals surface area contributed by atoms with Crippen LogP contribution >= 0.6 is 11.8 Å². The summed E-state index contributed by atoms with van der Waals surface area (Å²) in [5.41, 5.74) is 1.17. The molecule has 0 bridgehead atoms. The van der Waals surface area contributed by atoms with Gasteiger partial charge >= 0.3 is 0 Å². The first-order chi connectivity index (χ1) is 8.40. The van der Waals surface area contributed by atoms with Gasteiger partial charge in [-0.25, -0.2) is 9.97 Å². The zero-order chi connectivity index (χ0) is 11.9. The number of ether oxygens (including phenoxy) is 1. The van der Waals surface area contributed by atoms with Crippen molar-refractivity contribution >= 4 is 11.8 Å². The van der Waals surface area contributed by atoms with Crippen LogP contribution in [0.25, 0.3) is 0 Å². The van der Waals surface area contributed by atoms with Crippen LogP contribution in [0.1, 0.15) is 12.5 Å². The molecule has 4 heteroatoms. The van der Waals surface area contributed by atoms with Crippen molar-refractivity contribution in [1.29, 1.82) is 0 Å². The fourth-order valence-electron chi connectivity index (χ4n) is 1.42. The molecule has 0 spiro atoms. The summed E-state index contributed by atoms with van der Waals surface area (Å²) in [6.45, 7) is 2.67. The molecule has 0 unspecified atom stereocenters. The summed E-state index contributed by atoms with van der Waals surface area (Å²) >= 11 is 1.61. The molecule has 17 heavy (non-hydrogen) atoms. The van der Waals surface area contributed by atoms with Gasteiger partial charge in [0.15, 0.2) is 5.16 Å². The summed E-state index contributed by atoms with van der Waals surface area (Å²) in [4.78, 5) is 8.36. The van der Waals surface area contributed by atoms with E-state index in [1.165, 1.54) is 5.56 Å². The molecule has 0 saturated carbocycles. The monoisotopic (exact) mass is 246 g/mol. The molecule has 0 N–H and O–H groups in total. The summed E-state index contributed by atoms with van der Waals surface area (Å²) < 4.78 is 5.57. The summed E-state index contributed by atoms with van der Waals surface area (Å²) in [6, 6.07) is 9.88. The lowest BCUT2D eigenvalue weighted by Gasteiger charge is -2.08. The summed E-state index contributed by atoms with van der Waals surface area (Å²) in [5, 5.41) is 0.791. The van der Waals surface area contributed by atoms with Crippen LogP contribution in [-0.2, 0) is 5.75 Å². The second-order valence-corrected chi connectivity index (χ2v) is 4.30. The van der Waals surface area contributed by atoms with Gasteiger partial charge < -0.3 is 4.74 Å². The van der Waals surface area contributed by atoms with Gasteiger partial charge in [0, 0.05) is 23.7 Å². The van der Waals surface area contributed by atoms with E-state index in [0.29, 0.717) is 6.61 Å². The SMILES string of the molecule is CCOc1ccccc1CSc1ncccn1. The minimum Gasteiger partial charge on any atom is -0.494 e. The first-order valence-electron chi connectivity index (χ1n) is 5.50. The van der Waals surface area contributed by atoms with Crippen LogP contribution in [0.5, 0.6) is 5.75 Å². The van der Waals surface area contributed by atoms with Crippen LogP contribution in [0.3, 0.4) is 0 Å². The highest BCUT2D eigenvalue weighted by atomic mass is 32.2. The standard InChI is InChI=1S/C13H14N2OS/c1-2-16-12-7-4-3-6-11(12)10-17-13-14-8-5-9-15-13/h3-9H,2,10H2,1H3. The first kappa shape index (κ1) is 11.9. The quantitative estimate of drug-likeness (QED) is 0.599. The highest BCUT2D eigenvalue weighted by Gasteiger charge is 2.04. The molecule has 0 saturated heterocycles. The second kappa shape index (κ2) is 6.25. The van der Waals surface area contributed by atoms with Gasteiger partial charge in [0.2, 0.25) is 0 Å². The van der Waals surface area contributed by atoms with E-state index in [0.717, 1.165) is 16.7 Å². The Bertz CT molecular complexity index is 462. The Hall–Kier alpha value is -1.55. The van der Waals surface area contributed by atoms with E-state index in [2.05, 4.69) is 16.0 Å². The van der Waals surface area contributed by atoms with Crippen LogP contribution in [0, 0.1) is 0 Å². The van der Waals surface area contributed by atoms with Gasteiger partial charge in [-0.3, -0.25) is 0 Å². The zero-order valence-electron chi connectivity index (χ0n) is 9.67. The molecule has 0 radical (unpaired) electrons. The molecular weight excluding hydrogens is 232 g/mol. The van der Waals surface area contributed by atoms with Crippen LogP contribution in [0.15, 0.2) is 47.9 Å². The summed E-state index contributed by atoms with van der Waals surface area (Å²) in [7, 11) is 0. The Morgan fingerprint density at radius 3 is 2.65 bits per heavy atom. The molecule has 1 heterocycles. The van der Waals surface area contributed by atoms with Crippen molar-refractivity contribution in [3.8, 4) is 5.75 Å². The van der Waals surface area contributed by atoms with Gasteiger partial charge in [-0.15, -0.1) is 0 Å². The maximum atomic E-state index is 5.57. The molecule has 88 valence electrons. The third-order valence-electron chi connectivity index (χ3n) is 2.17. The number of hydrogen-bond acceptors (Lipinski definition) is 4. The Morgan fingerprint density at radius 2 is 1.88 bits per heavy atom. The van der Waals surface area contributed by atoms with Crippen LogP contribution in [-0.4, -0.2) is 16.6 Å². The molecule has 3 nitrogen and oxygen atoms in total. The van der Waals surface area contributed by atoms with Crippen molar-refractivity contribution < 1.29 is 4.74 Å². The van der Waals surface area contributed by atoms with E-state index >= 15 is 0 Å². The number of benzene rings is 1. The number of rotatable bonds is 5. The lowest BCUT2D eigenvalue weighted by Crippen LogP contribution is -1.95. The summed E-state index contributed by atoms with van der Waals surface area (Å²) in [6.07, 6.45) is 3.51. The average Bonchev–Trinajstić information content (AvgIpc) is 2.39. The van der Waals surface area contributed by atoms with Gasteiger partial charge in [0.05, 0.1) is 6.61 Å². The Labute approximate surface area is 105 Å². The maximum absolute atomic E-state index is 5.57. The molecule has 1 aromatic carbocycles. The summed E-state index contributed by atoms with van der Waals surface area (Å²) in [5.74, 6) is 1.76. The smallest absolute Gasteiger partial charge is 0.187 e. The van der Waals surface area contributed by atoms with Crippen LogP contribution in [0.2, 0.25) is 0 Å². The molecule has 0 aliphatic heterocycles. The molecule has 0 aliphatic carbocycles. The lowest BCUT2D eigenvalue weighted by atomic mass is 10.2. The first-order valence-corrected chi connectivity index (χ1v) is 6.49. The van der Waals surface area contributed by atoms with E-state index in [9.17, 15) is 0 Å². The highest BCUT2D eigenvalue weighted by Crippen LogP contribution is 2.25. The minimum absolute atomic E-state index is 0.684. The molecule has 1 aromatic heterocycles. The third kappa shape index (κ3) is 3.46. The number of thioether (sulfide) groups is 1. The van der Waals surface area contributed by atoms with E-state index in [4.69, 9.17) is 4.74 Å². The van der Waals surface area contributed by atoms with Gasteiger partial charge in [0.25, 0.3) is 0 Å². The molecule has 0 aliphatic rings. The molecule has 2 rings (SSSR count). The second-order valence-electron chi connectivity index (χ2n) is 3.36. The van der Waals surface area contributed by atoms with Gasteiger partial charge in [0.1, 0.15) is 5.75 Å². The number of aromatic nitrogens is 2. The van der Waals surface area contributed by atoms with Crippen LogP contribution < -0.4 is 4.74 Å². The number of hydrogen-bond donors (Lipinski definition) is 0. The molecule has 0 atom stereocenters. The largest absolute Gasteiger partial charge is 0.494 e. The minimum atomic E-state index is 0.684. The molecule has 0 fully saturated rings. The van der Waals surface area contributed by atoms with Gasteiger partial charge in [-0.2, -0.15) is 0 Å². The van der Waals surface area contributed by atoms with Crippen molar-refractivity contribution in [3.05, 3.63) is 48.3 Å². The third-order valence-corrected chi connectivity index (χ3v) is 3.10. The Kier molecular flexibility index (Phi) is 4.38. The average molecular weight is 246 g/mol. The van der Waals surface area contributed by atoms with E-state index in [1.54, 1.807) is 24.2 Å². The van der Waals surface area contributed by atoms with E-state index in [-0.39, 0.29) is 0 Å². The predicted octanol–water partition coefficient (Wildman–Crippen LogP) is 3.17. The molecular formula is C13H14N2OS. The molecule has 0 amide bonds. The van der Waals surface area contributed by atoms with Crippen molar-refractivity contribution in [2.45, 2.75) is 17.8 Å². The van der Waals surface area contributed by atoms with Crippen molar-refractivity contribution in [1.82, 2.24) is 9.97 Å². The van der Waals surface area contributed by atoms with Crippen molar-refractivity contribution in [2.24, 2.45) is 0 Å². The predicted molar refractivity (Wildman–Crippen MR) is 69.2 cm³/mol. The van der Waals surface area contributed by atoms with Crippen molar-refractivity contribution in [2.75, 3.05) is 6.61 Å². The van der Waals surface area contributed by atoms with Crippen molar-refractivity contribution in [3.63, 3.8) is 0 Å². The number of nitrogens with zero attached hydrogens (tertiary/aromatic N) is 2. The van der Waals surface area contributed by atoms with Gasteiger partial charge in [-0.05, 0) is 19.1 Å². The lowest BCUT2D eigenvalue weighted by molar-refractivity contribution is 0.337. The maximum Gasteiger partial charge on any atom is 0.187 e. The Balaban J connectivity index is 2.03. The number of para-hydroxylation sites is 1. The fraction of sp³-hybridized carbons (Fsp3) is 0.231. The normalized spacial score (nSPS) is 10.2. The highest BCUT2D eigenvalue weighted by molar-refractivity contribution is 7.98. The van der Waals surface area contributed by atoms with Gasteiger partial charge in [-0.1, -0.05) is 30.0 Å². The zero-order valence-corrected chi connectivity index (χ0v) is 10.5. The van der Waals surface area contributed by atoms with Crippen LogP contribution in [0.4, 0.5) is 0 Å². The van der Waals surface area contributed by atoms with E-state index < -0.39 is 0 Å². The fourth-order valence-corrected chi connectivity index (χ4v) is 2.22.